The second-order valence-corrected chi connectivity index (χ2v) is 7.99. The average molecular weight is 304 g/mol. The van der Waals surface area contributed by atoms with Crippen LogP contribution in [0.1, 0.15) is 17.7 Å². The third-order valence-corrected chi connectivity index (χ3v) is 6.50. The predicted molar refractivity (Wildman–Crippen MR) is 75.9 cm³/mol. The third kappa shape index (κ3) is 3.76. The van der Waals surface area contributed by atoms with Crippen LogP contribution in [0.25, 0.3) is 0 Å². The Kier molecular flexibility index (Phi) is 4.97. The van der Waals surface area contributed by atoms with Crippen molar-refractivity contribution in [3.05, 3.63) is 17.0 Å². The summed E-state index contributed by atoms with van der Waals surface area (Å²) in [4.78, 5) is 3.08. The van der Waals surface area contributed by atoms with Crippen LogP contribution < -0.4 is 4.72 Å². The van der Waals surface area contributed by atoms with Gasteiger partial charge >= 0.3 is 0 Å². The monoisotopic (exact) mass is 304 g/mol. The van der Waals surface area contributed by atoms with E-state index in [9.17, 15) is 8.42 Å². The Hall–Kier alpha value is -0.470. The lowest BCUT2D eigenvalue weighted by molar-refractivity contribution is 0.300. The van der Waals surface area contributed by atoms with E-state index >= 15 is 0 Å². The van der Waals surface area contributed by atoms with Crippen molar-refractivity contribution < 1.29 is 13.5 Å². The molecule has 0 bridgehead atoms. The number of nitrogens with one attached hydrogen (secondary N) is 1. The molecule has 5 nitrogen and oxygen atoms in total. The molecule has 108 valence electrons. The van der Waals surface area contributed by atoms with Gasteiger partial charge in [-0.25, -0.2) is 13.1 Å². The number of likely N-dealkylation sites (N-methyl/N-ethyl adjacent to an activating group) is 1. The van der Waals surface area contributed by atoms with Crippen LogP contribution in [0.3, 0.4) is 0 Å². The molecule has 1 aliphatic heterocycles. The van der Waals surface area contributed by atoms with Crippen molar-refractivity contribution in [2.24, 2.45) is 0 Å². The van der Waals surface area contributed by atoms with Crippen LogP contribution in [0.5, 0.6) is 0 Å². The van der Waals surface area contributed by atoms with Gasteiger partial charge in [0.25, 0.3) is 0 Å². The standard InChI is InChI=1S/C12H20N2O3S2/c1-14-7-2-3-10(14)9-13-19(16,17)12-5-4-11(18-12)6-8-15/h4-5,10,13,15H,2-3,6-9H2,1H3. The van der Waals surface area contributed by atoms with Gasteiger partial charge in [0.1, 0.15) is 4.21 Å². The van der Waals surface area contributed by atoms with Gasteiger partial charge in [-0.2, -0.15) is 0 Å². The first kappa shape index (κ1) is 14.9. The SMILES string of the molecule is CN1CCCC1CNS(=O)(=O)c1ccc(CCO)s1. The van der Waals surface area contributed by atoms with Crippen molar-refractivity contribution in [2.45, 2.75) is 29.5 Å². The Morgan fingerprint density at radius 3 is 2.95 bits per heavy atom. The maximum absolute atomic E-state index is 12.1. The molecule has 0 radical (unpaired) electrons. The number of likely N-dealkylation sites (tertiary alicyclic amines) is 1. The van der Waals surface area contributed by atoms with Crippen molar-refractivity contribution in [1.82, 2.24) is 9.62 Å². The molecule has 1 saturated heterocycles. The van der Waals surface area contributed by atoms with Gasteiger partial charge in [-0.05, 0) is 38.6 Å². The van der Waals surface area contributed by atoms with Gasteiger partial charge in [0.2, 0.25) is 10.0 Å². The van der Waals surface area contributed by atoms with Crippen LogP contribution in [0.2, 0.25) is 0 Å². The van der Waals surface area contributed by atoms with E-state index in [0.717, 1.165) is 24.3 Å². The summed E-state index contributed by atoms with van der Waals surface area (Å²) in [7, 11) is -1.38. The highest BCUT2D eigenvalue weighted by Crippen LogP contribution is 2.22. The highest BCUT2D eigenvalue weighted by Gasteiger charge is 2.24. The molecule has 0 aliphatic carbocycles. The fourth-order valence-electron chi connectivity index (χ4n) is 2.26. The number of aliphatic hydroxyl groups excluding tert-OH is 1. The molecule has 1 aromatic rings. The highest BCUT2D eigenvalue weighted by atomic mass is 32.2. The predicted octanol–water partition coefficient (Wildman–Crippen LogP) is 0.655. The summed E-state index contributed by atoms with van der Waals surface area (Å²) in [6, 6.07) is 3.67. The number of hydrogen-bond donors (Lipinski definition) is 2. The van der Waals surface area contributed by atoms with E-state index in [1.807, 2.05) is 7.05 Å². The van der Waals surface area contributed by atoms with Crippen molar-refractivity contribution in [3.63, 3.8) is 0 Å². The van der Waals surface area contributed by atoms with Gasteiger partial charge in [-0.15, -0.1) is 11.3 Å². The average Bonchev–Trinajstić information content (AvgIpc) is 2.97. The Balaban J connectivity index is 1.97. The first-order valence-electron chi connectivity index (χ1n) is 6.42. The van der Waals surface area contributed by atoms with Gasteiger partial charge < -0.3 is 10.0 Å². The third-order valence-electron chi connectivity index (χ3n) is 3.44. The van der Waals surface area contributed by atoms with Crippen molar-refractivity contribution in [3.8, 4) is 0 Å². The number of thiophene rings is 1. The summed E-state index contributed by atoms with van der Waals surface area (Å²) in [5.74, 6) is 0. The Bertz CT molecular complexity index is 513. The molecule has 1 unspecified atom stereocenters. The molecule has 0 amide bonds. The molecule has 1 aliphatic rings. The fourth-order valence-corrected chi connectivity index (χ4v) is 4.72. The minimum absolute atomic E-state index is 0.0420. The molecule has 0 spiro atoms. The van der Waals surface area contributed by atoms with Crippen molar-refractivity contribution in [1.29, 1.82) is 0 Å². The molecule has 0 aromatic carbocycles. The normalized spacial score (nSPS) is 21.1. The second kappa shape index (κ2) is 6.32. The Morgan fingerprint density at radius 1 is 1.53 bits per heavy atom. The van der Waals surface area contributed by atoms with Gasteiger partial charge in [0.05, 0.1) is 0 Å². The van der Waals surface area contributed by atoms with Gasteiger partial charge in [0.15, 0.2) is 0 Å². The van der Waals surface area contributed by atoms with E-state index in [2.05, 4.69) is 9.62 Å². The van der Waals surface area contributed by atoms with E-state index in [0.29, 0.717) is 23.2 Å². The molecule has 19 heavy (non-hydrogen) atoms. The number of aliphatic hydroxyl groups is 1. The quantitative estimate of drug-likeness (QED) is 0.810. The van der Waals surface area contributed by atoms with E-state index in [4.69, 9.17) is 5.11 Å². The van der Waals surface area contributed by atoms with E-state index < -0.39 is 10.0 Å². The summed E-state index contributed by atoms with van der Waals surface area (Å²) < 4.78 is 27.3. The van der Waals surface area contributed by atoms with Gasteiger partial charge in [-0.1, -0.05) is 0 Å². The molecule has 0 saturated carbocycles. The number of rotatable bonds is 6. The lowest BCUT2D eigenvalue weighted by atomic mass is 10.2. The zero-order valence-corrected chi connectivity index (χ0v) is 12.6. The van der Waals surface area contributed by atoms with Crippen molar-refractivity contribution >= 4 is 21.4 Å². The molecular formula is C12H20N2O3S2. The van der Waals surface area contributed by atoms with Crippen LogP contribution in [0.15, 0.2) is 16.3 Å². The number of hydrogen-bond acceptors (Lipinski definition) is 5. The minimum atomic E-state index is -3.41. The topological polar surface area (TPSA) is 69.6 Å². The molecule has 1 aromatic heterocycles. The number of nitrogens with zero attached hydrogens (tertiary/aromatic N) is 1. The first-order valence-corrected chi connectivity index (χ1v) is 8.72. The minimum Gasteiger partial charge on any atom is -0.396 e. The lowest BCUT2D eigenvalue weighted by Crippen LogP contribution is -2.37. The first-order chi connectivity index (χ1) is 9.03. The van der Waals surface area contributed by atoms with Gasteiger partial charge in [-0.3, -0.25) is 0 Å². The fraction of sp³-hybridized carbons (Fsp3) is 0.667. The molecule has 2 N–H and O–H groups in total. The molecule has 7 heteroatoms. The van der Waals surface area contributed by atoms with Crippen molar-refractivity contribution in [2.75, 3.05) is 26.7 Å². The Morgan fingerprint density at radius 2 is 2.32 bits per heavy atom. The summed E-state index contributed by atoms with van der Waals surface area (Å²) in [5.41, 5.74) is 0. The van der Waals surface area contributed by atoms with Gasteiger partial charge in [0, 0.05) is 30.5 Å². The molecule has 1 atom stereocenters. The largest absolute Gasteiger partial charge is 0.396 e. The van der Waals surface area contributed by atoms with Crippen LogP contribution >= 0.6 is 11.3 Å². The highest BCUT2D eigenvalue weighted by molar-refractivity contribution is 7.91. The molecule has 1 fully saturated rings. The smallest absolute Gasteiger partial charge is 0.250 e. The lowest BCUT2D eigenvalue weighted by Gasteiger charge is -2.19. The molecule has 2 rings (SSSR count). The van der Waals surface area contributed by atoms with Crippen LogP contribution in [0, 0.1) is 0 Å². The molecule has 2 heterocycles. The summed E-state index contributed by atoms with van der Waals surface area (Å²) in [6.45, 7) is 1.54. The van der Waals surface area contributed by atoms with Crippen LogP contribution in [-0.4, -0.2) is 51.2 Å². The summed E-state index contributed by atoms with van der Waals surface area (Å²) >= 11 is 1.22. The Labute approximate surface area is 118 Å². The van der Waals surface area contributed by atoms with Crippen LogP contribution in [-0.2, 0) is 16.4 Å². The maximum atomic E-state index is 12.1. The zero-order valence-electron chi connectivity index (χ0n) is 11.0. The van der Waals surface area contributed by atoms with E-state index in [1.165, 1.54) is 11.3 Å². The summed E-state index contributed by atoms with van der Waals surface area (Å²) in [6.07, 6.45) is 2.67. The van der Waals surface area contributed by atoms with E-state index in [1.54, 1.807) is 12.1 Å². The van der Waals surface area contributed by atoms with Crippen LogP contribution in [0.4, 0.5) is 0 Å². The number of sulfonamides is 1. The second-order valence-electron chi connectivity index (χ2n) is 4.82. The zero-order chi connectivity index (χ0) is 13.9. The maximum Gasteiger partial charge on any atom is 0.250 e. The van der Waals surface area contributed by atoms with E-state index in [-0.39, 0.29) is 6.61 Å². The molecular weight excluding hydrogens is 284 g/mol. The summed E-state index contributed by atoms with van der Waals surface area (Å²) in [5, 5.41) is 8.84.